The van der Waals surface area contributed by atoms with Crippen molar-refractivity contribution in [2.24, 2.45) is 0 Å². The largest absolute Gasteiger partial charge is 0.372 e. The Bertz CT molecular complexity index is 676. The molecule has 0 aliphatic rings. The number of nitrogens with zero attached hydrogens (tertiary/aromatic N) is 2. The van der Waals surface area contributed by atoms with Gasteiger partial charge in [0.2, 0.25) is 0 Å². The van der Waals surface area contributed by atoms with Crippen LogP contribution >= 0.6 is 15.9 Å². The molecule has 0 spiro atoms. The number of aromatic nitrogens is 2. The summed E-state index contributed by atoms with van der Waals surface area (Å²) in [5.41, 5.74) is 0.442. The number of hydrogen-bond acceptors (Lipinski definition) is 5. The van der Waals surface area contributed by atoms with Crippen LogP contribution in [-0.4, -0.2) is 25.4 Å². The van der Waals surface area contributed by atoms with Gasteiger partial charge in [-0.05, 0) is 34.1 Å². The zero-order chi connectivity index (χ0) is 13.9. The molecule has 0 saturated heterocycles. The third kappa shape index (κ3) is 3.21. The zero-order valence-electron chi connectivity index (χ0n) is 9.96. The molecule has 0 atom stereocenters. The first kappa shape index (κ1) is 13.8. The molecule has 0 fully saturated rings. The second-order valence-corrected chi connectivity index (χ2v) is 6.16. The molecule has 8 heteroatoms. The molecular formula is C11H11BrN4O2S. The van der Waals surface area contributed by atoms with Crippen molar-refractivity contribution in [3.05, 3.63) is 41.3 Å². The maximum absolute atomic E-state index is 12.3. The van der Waals surface area contributed by atoms with Gasteiger partial charge < -0.3 is 5.32 Å². The average Bonchev–Trinajstić information content (AvgIpc) is 2.39. The van der Waals surface area contributed by atoms with E-state index in [-0.39, 0.29) is 10.7 Å². The summed E-state index contributed by atoms with van der Waals surface area (Å²) >= 11 is 3.21. The predicted molar refractivity (Wildman–Crippen MR) is 76.5 cm³/mol. The lowest BCUT2D eigenvalue weighted by Crippen LogP contribution is -2.15. The lowest BCUT2D eigenvalue weighted by Gasteiger charge is -2.11. The maximum atomic E-state index is 12.3. The van der Waals surface area contributed by atoms with E-state index in [1.54, 1.807) is 19.2 Å². The second kappa shape index (κ2) is 5.54. The lowest BCUT2D eigenvalue weighted by molar-refractivity contribution is 0.601. The quantitative estimate of drug-likeness (QED) is 0.888. The molecule has 2 aromatic heterocycles. The van der Waals surface area contributed by atoms with Crippen LogP contribution in [0.5, 0.6) is 0 Å². The van der Waals surface area contributed by atoms with E-state index in [0.29, 0.717) is 10.2 Å². The predicted octanol–water partition coefficient (Wildman–Crippen LogP) is 2.08. The molecule has 0 radical (unpaired) electrons. The van der Waals surface area contributed by atoms with E-state index in [1.807, 2.05) is 0 Å². The fourth-order valence-corrected chi connectivity index (χ4v) is 3.17. The molecule has 0 aliphatic carbocycles. The van der Waals surface area contributed by atoms with Crippen molar-refractivity contribution in [3.8, 4) is 0 Å². The van der Waals surface area contributed by atoms with Gasteiger partial charge in [-0.25, -0.2) is 13.4 Å². The van der Waals surface area contributed by atoms with E-state index in [0.717, 1.165) is 0 Å². The zero-order valence-corrected chi connectivity index (χ0v) is 12.4. The summed E-state index contributed by atoms with van der Waals surface area (Å²) < 4.78 is 27.7. The van der Waals surface area contributed by atoms with Crippen molar-refractivity contribution in [1.29, 1.82) is 0 Å². The summed E-state index contributed by atoms with van der Waals surface area (Å²) in [6.07, 6.45) is 4.54. The highest BCUT2D eigenvalue weighted by molar-refractivity contribution is 9.10. The summed E-state index contributed by atoms with van der Waals surface area (Å²) in [7, 11) is -2.10. The van der Waals surface area contributed by atoms with Gasteiger partial charge in [0, 0.05) is 30.1 Å². The monoisotopic (exact) mass is 342 g/mol. The van der Waals surface area contributed by atoms with E-state index in [9.17, 15) is 8.42 Å². The molecule has 0 saturated carbocycles. The summed E-state index contributed by atoms with van der Waals surface area (Å²) in [6.45, 7) is 0. The summed E-state index contributed by atoms with van der Waals surface area (Å²) in [6, 6.07) is 4.63. The van der Waals surface area contributed by atoms with Crippen LogP contribution in [0.4, 0.5) is 11.5 Å². The van der Waals surface area contributed by atoms with Gasteiger partial charge in [0.25, 0.3) is 10.0 Å². The number of rotatable bonds is 4. The van der Waals surface area contributed by atoms with E-state index in [4.69, 9.17) is 0 Å². The third-order valence-corrected chi connectivity index (χ3v) is 4.11. The molecule has 0 aliphatic heterocycles. The van der Waals surface area contributed by atoms with Gasteiger partial charge in [0.05, 0.1) is 5.69 Å². The minimum absolute atomic E-state index is 0.0705. The topological polar surface area (TPSA) is 84.0 Å². The van der Waals surface area contributed by atoms with Crippen LogP contribution in [0.25, 0.3) is 0 Å². The lowest BCUT2D eigenvalue weighted by atomic mass is 10.4. The SMILES string of the molecule is CNc1ncc(Br)cc1S(=O)(=O)Nc1ccncc1. The molecule has 6 nitrogen and oxygen atoms in total. The van der Waals surface area contributed by atoms with Gasteiger partial charge in [0.15, 0.2) is 0 Å². The van der Waals surface area contributed by atoms with Gasteiger partial charge in [-0.15, -0.1) is 0 Å². The number of anilines is 2. The van der Waals surface area contributed by atoms with Crippen LogP contribution in [0, 0.1) is 0 Å². The van der Waals surface area contributed by atoms with Gasteiger partial charge in [-0.3, -0.25) is 9.71 Å². The van der Waals surface area contributed by atoms with Gasteiger partial charge in [0.1, 0.15) is 10.7 Å². The summed E-state index contributed by atoms with van der Waals surface area (Å²) in [5.74, 6) is 0.282. The number of hydrogen-bond donors (Lipinski definition) is 2. The number of pyridine rings is 2. The molecule has 0 unspecified atom stereocenters. The molecule has 0 bridgehead atoms. The highest BCUT2D eigenvalue weighted by Gasteiger charge is 2.19. The van der Waals surface area contributed by atoms with Gasteiger partial charge in [-0.2, -0.15) is 0 Å². The van der Waals surface area contributed by atoms with E-state index in [1.165, 1.54) is 24.7 Å². The first-order valence-electron chi connectivity index (χ1n) is 5.29. The van der Waals surface area contributed by atoms with Crippen LogP contribution in [0.2, 0.25) is 0 Å². The van der Waals surface area contributed by atoms with E-state index >= 15 is 0 Å². The third-order valence-electron chi connectivity index (χ3n) is 2.28. The summed E-state index contributed by atoms with van der Waals surface area (Å²) in [5, 5.41) is 2.75. The molecule has 0 amide bonds. The Morgan fingerprint density at radius 1 is 1.26 bits per heavy atom. The Balaban J connectivity index is 2.42. The molecule has 0 aromatic carbocycles. The number of nitrogens with one attached hydrogen (secondary N) is 2. The van der Waals surface area contributed by atoms with Gasteiger partial charge >= 0.3 is 0 Å². The van der Waals surface area contributed by atoms with Crippen LogP contribution in [0.1, 0.15) is 0 Å². The van der Waals surface area contributed by atoms with Crippen molar-refractivity contribution < 1.29 is 8.42 Å². The van der Waals surface area contributed by atoms with Crippen LogP contribution in [0.15, 0.2) is 46.2 Å². The van der Waals surface area contributed by atoms with Crippen molar-refractivity contribution in [1.82, 2.24) is 9.97 Å². The van der Waals surface area contributed by atoms with Crippen LogP contribution < -0.4 is 10.0 Å². The average molecular weight is 343 g/mol. The Labute approximate surface area is 119 Å². The number of halogens is 1. The normalized spacial score (nSPS) is 11.1. The van der Waals surface area contributed by atoms with Crippen molar-refractivity contribution in [2.75, 3.05) is 17.1 Å². The Morgan fingerprint density at radius 2 is 1.95 bits per heavy atom. The maximum Gasteiger partial charge on any atom is 0.265 e. The Kier molecular flexibility index (Phi) is 4.01. The van der Waals surface area contributed by atoms with Crippen LogP contribution in [-0.2, 0) is 10.0 Å². The molecular weight excluding hydrogens is 332 g/mol. The molecule has 19 heavy (non-hydrogen) atoms. The highest BCUT2D eigenvalue weighted by atomic mass is 79.9. The van der Waals surface area contributed by atoms with Gasteiger partial charge in [-0.1, -0.05) is 0 Å². The first-order valence-corrected chi connectivity index (χ1v) is 7.56. The van der Waals surface area contributed by atoms with E-state index < -0.39 is 10.0 Å². The Morgan fingerprint density at radius 3 is 2.58 bits per heavy atom. The van der Waals surface area contributed by atoms with Crippen molar-refractivity contribution in [3.63, 3.8) is 0 Å². The molecule has 2 heterocycles. The van der Waals surface area contributed by atoms with Crippen molar-refractivity contribution in [2.45, 2.75) is 4.90 Å². The molecule has 2 rings (SSSR count). The minimum Gasteiger partial charge on any atom is -0.372 e. The fourth-order valence-electron chi connectivity index (χ4n) is 1.44. The van der Waals surface area contributed by atoms with E-state index in [2.05, 4.69) is 35.9 Å². The second-order valence-electron chi connectivity index (χ2n) is 3.59. The molecule has 2 N–H and O–H groups in total. The van der Waals surface area contributed by atoms with Crippen molar-refractivity contribution >= 4 is 37.5 Å². The van der Waals surface area contributed by atoms with Crippen LogP contribution in [0.3, 0.4) is 0 Å². The number of sulfonamides is 1. The first-order chi connectivity index (χ1) is 9.03. The smallest absolute Gasteiger partial charge is 0.265 e. The highest BCUT2D eigenvalue weighted by Crippen LogP contribution is 2.24. The molecule has 100 valence electrons. The fraction of sp³-hybridized carbons (Fsp3) is 0.0909. The standard InChI is InChI=1S/C11H11BrN4O2S/c1-13-11-10(6-8(12)7-15-11)19(17,18)16-9-2-4-14-5-3-9/h2-7H,1H3,(H,13,15)(H,14,16). The Hall–Kier alpha value is -1.67. The molecule has 2 aromatic rings. The summed E-state index contributed by atoms with van der Waals surface area (Å²) in [4.78, 5) is 7.91. The minimum atomic E-state index is -3.71.